The van der Waals surface area contributed by atoms with Gasteiger partial charge in [-0.1, -0.05) is 6.07 Å². The molecule has 0 saturated carbocycles. The number of hydrogen-bond donors (Lipinski definition) is 2. The number of non-ortho nitro benzene ring substituents is 1. The van der Waals surface area contributed by atoms with Crippen molar-refractivity contribution in [1.82, 2.24) is 0 Å². The summed E-state index contributed by atoms with van der Waals surface area (Å²) < 4.78 is 75.2. The second-order valence-electron chi connectivity index (χ2n) is 5.14. The van der Waals surface area contributed by atoms with E-state index < -0.39 is 49.6 Å². The number of sulfonamides is 1. The Morgan fingerprint density at radius 1 is 1.15 bits per heavy atom. The summed E-state index contributed by atoms with van der Waals surface area (Å²) in [5.41, 5.74) is -2.37. The normalized spacial score (nSPS) is 12.0. The molecule has 2 aromatic rings. The smallest absolute Gasteiger partial charge is 0.380 e. The number of nitro groups is 1. The Labute approximate surface area is 144 Å². The van der Waals surface area contributed by atoms with Crippen LogP contribution in [0.2, 0.25) is 0 Å². The average Bonchev–Trinajstić information content (AvgIpc) is 2.51. The van der Waals surface area contributed by atoms with Crippen LogP contribution in [0.15, 0.2) is 41.3 Å². The molecule has 26 heavy (non-hydrogen) atoms. The molecule has 0 spiro atoms. The van der Waals surface area contributed by atoms with Crippen molar-refractivity contribution < 1.29 is 30.9 Å². The molecule has 0 bridgehead atoms. The number of anilines is 1. The lowest BCUT2D eigenvalue weighted by Gasteiger charge is -2.15. The molecule has 0 atom stereocenters. The van der Waals surface area contributed by atoms with Crippen LogP contribution < -0.4 is 10.5 Å². The molecule has 3 N–H and O–H groups in total. The number of alkyl halides is 3. The van der Waals surface area contributed by atoms with E-state index in [-0.39, 0.29) is 11.3 Å². The second-order valence-corrected chi connectivity index (χ2v) is 6.67. The fraction of sp³-hybridized carbons (Fsp3) is 0.143. The molecule has 0 aliphatic rings. The van der Waals surface area contributed by atoms with E-state index in [2.05, 4.69) is 5.32 Å². The maximum Gasteiger partial charge on any atom is 0.416 e. The second kappa shape index (κ2) is 6.88. The van der Waals surface area contributed by atoms with E-state index in [1.165, 1.54) is 0 Å². The summed E-state index contributed by atoms with van der Waals surface area (Å²) in [4.78, 5) is 9.25. The van der Waals surface area contributed by atoms with Gasteiger partial charge in [-0.25, -0.2) is 17.9 Å². The minimum atomic E-state index is -4.82. The molecule has 0 aromatic heterocycles. The number of benzene rings is 2. The van der Waals surface area contributed by atoms with Gasteiger partial charge < -0.3 is 5.32 Å². The van der Waals surface area contributed by atoms with Crippen molar-refractivity contribution in [1.29, 1.82) is 0 Å². The highest BCUT2D eigenvalue weighted by molar-refractivity contribution is 7.89. The molecule has 140 valence electrons. The van der Waals surface area contributed by atoms with Gasteiger partial charge in [0.2, 0.25) is 10.0 Å². The van der Waals surface area contributed by atoms with Gasteiger partial charge in [0.15, 0.2) is 0 Å². The van der Waals surface area contributed by atoms with Crippen LogP contribution in [0.3, 0.4) is 0 Å². The summed E-state index contributed by atoms with van der Waals surface area (Å²) in [5.74, 6) is -1.08. The van der Waals surface area contributed by atoms with Gasteiger partial charge in [0, 0.05) is 18.7 Å². The van der Waals surface area contributed by atoms with Crippen LogP contribution >= 0.6 is 0 Å². The molecule has 2 aromatic carbocycles. The Hall–Kier alpha value is -2.73. The van der Waals surface area contributed by atoms with Gasteiger partial charge in [0.25, 0.3) is 5.69 Å². The maximum atomic E-state index is 13.1. The number of hydrogen-bond acceptors (Lipinski definition) is 5. The van der Waals surface area contributed by atoms with Gasteiger partial charge in [-0.2, -0.15) is 13.2 Å². The Kier molecular flexibility index (Phi) is 5.18. The number of nitro benzene ring substituents is 1. The Morgan fingerprint density at radius 2 is 1.81 bits per heavy atom. The SMILES string of the molecule is NS(=O)(=O)c1cc([N+](=O)[O-])ccc1NCc1ccc(F)cc1C(F)(F)F. The van der Waals surface area contributed by atoms with Crippen molar-refractivity contribution in [3.63, 3.8) is 0 Å². The summed E-state index contributed by atoms with van der Waals surface area (Å²) >= 11 is 0. The summed E-state index contributed by atoms with van der Waals surface area (Å²) in [7, 11) is -4.39. The van der Waals surface area contributed by atoms with E-state index in [1.54, 1.807) is 0 Å². The fourth-order valence-electron chi connectivity index (χ4n) is 2.16. The zero-order valence-corrected chi connectivity index (χ0v) is 13.6. The molecule has 0 fully saturated rings. The van der Waals surface area contributed by atoms with E-state index in [1.807, 2.05) is 0 Å². The molecule has 0 aliphatic heterocycles. The van der Waals surface area contributed by atoms with Gasteiger partial charge in [-0.15, -0.1) is 0 Å². The van der Waals surface area contributed by atoms with Crippen molar-refractivity contribution in [3.05, 3.63) is 63.5 Å². The lowest BCUT2D eigenvalue weighted by Crippen LogP contribution is -2.17. The zero-order chi connectivity index (χ0) is 19.7. The molecule has 2 rings (SSSR count). The molecule has 0 heterocycles. The Balaban J connectivity index is 2.41. The molecule has 0 aliphatic carbocycles. The molecule has 0 radical (unpaired) electrons. The Bertz CT molecular complexity index is 961. The van der Waals surface area contributed by atoms with Crippen molar-refractivity contribution in [2.75, 3.05) is 5.32 Å². The molecule has 0 amide bonds. The third-order valence-electron chi connectivity index (χ3n) is 3.33. The highest BCUT2D eigenvalue weighted by Gasteiger charge is 2.33. The summed E-state index contributed by atoms with van der Waals surface area (Å²) in [6.45, 7) is -0.518. The first kappa shape index (κ1) is 19.6. The summed E-state index contributed by atoms with van der Waals surface area (Å²) in [6, 6.07) is 4.69. The van der Waals surface area contributed by atoms with E-state index in [0.717, 1.165) is 24.3 Å². The Morgan fingerprint density at radius 3 is 2.35 bits per heavy atom. The zero-order valence-electron chi connectivity index (χ0n) is 12.7. The number of primary sulfonamides is 1. The molecule has 0 saturated heterocycles. The molecular weight excluding hydrogens is 382 g/mol. The van der Waals surface area contributed by atoms with Crippen LogP contribution in [-0.4, -0.2) is 13.3 Å². The first-order valence-corrected chi connectivity index (χ1v) is 8.35. The number of nitrogens with two attached hydrogens (primary N) is 1. The fourth-order valence-corrected chi connectivity index (χ4v) is 2.89. The van der Waals surface area contributed by atoms with Crippen molar-refractivity contribution >= 4 is 21.4 Å². The third kappa shape index (κ3) is 4.46. The van der Waals surface area contributed by atoms with E-state index in [0.29, 0.717) is 12.1 Å². The molecule has 7 nitrogen and oxygen atoms in total. The quantitative estimate of drug-likeness (QED) is 0.460. The molecule has 12 heteroatoms. The number of nitrogens with one attached hydrogen (secondary N) is 1. The summed E-state index contributed by atoms with van der Waals surface area (Å²) in [6.07, 6.45) is -4.82. The summed E-state index contributed by atoms with van der Waals surface area (Å²) in [5, 5.41) is 18.2. The lowest BCUT2D eigenvalue weighted by atomic mass is 10.1. The monoisotopic (exact) mass is 393 g/mol. The van der Waals surface area contributed by atoms with Crippen LogP contribution in [-0.2, 0) is 22.7 Å². The van der Waals surface area contributed by atoms with Gasteiger partial charge in [0.05, 0.1) is 16.2 Å². The predicted molar refractivity (Wildman–Crippen MR) is 83.2 cm³/mol. The highest BCUT2D eigenvalue weighted by Crippen LogP contribution is 2.33. The van der Waals surface area contributed by atoms with Crippen molar-refractivity contribution in [2.24, 2.45) is 5.14 Å². The van der Waals surface area contributed by atoms with Crippen LogP contribution in [0.1, 0.15) is 11.1 Å². The van der Waals surface area contributed by atoms with Gasteiger partial charge in [0.1, 0.15) is 10.7 Å². The lowest BCUT2D eigenvalue weighted by molar-refractivity contribution is -0.385. The number of nitrogens with zero attached hydrogens (tertiary/aromatic N) is 1. The van der Waals surface area contributed by atoms with Gasteiger partial charge in [-0.3, -0.25) is 10.1 Å². The first-order valence-electron chi connectivity index (χ1n) is 6.80. The predicted octanol–water partition coefficient (Wildman–Crippen LogP) is 3.01. The van der Waals surface area contributed by atoms with Crippen molar-refractivity contribution in [3.8, 4) is 0 Å². The van der Waals surface area contributed by atoms with Crippen LogP contribution in [0.25, 0.3) is 0 Å². The van der Waals surface area contributed by atoms with Gasteiger partial charge in [-0.05, 0) is 23.8 Å². The minimum absolute atomic E-state index is 0.226. The molecular formula is C14H11F4N3O4S. The highest BCUT2D eigenvalue weighted by atomic mass is 32.2. The minimum Gasteiger partial charge on any atom is -0.380 e. The standard InChI is InChI=1S/C14H11F4N3O4S/c15-9-2-1-8(11(5-9)14(16,17)18)7-20-12-4-3-10(21(22)23)6-13(12)26(19,24)25/h1-6,20H,7H2,(H2,19,24,25). The average molecular weight is 393 g/mol. The van der Waals surface area contributed by atoms with Crippen molar-refractivity contribution in [2.45, 2.75) is 17.6 Å². The first-order chi connectivity index (χ1) is 11.9. The van der Waals surface area contributed by atoms with Gasteiger partial charge >= 0.3 is 6.18 Å². The van der Waals surface area contributed by atoms with E-state index >= 15 is 0 Å². The van der Waals surface area contributed by atoms with E-state index in [9.17, 15) is 36.1 Å². The third-order valence-corrected chi connectivity index (χ3v) is 4.28. The molecule has 0 unspecified atom stereocenters. The van der Waals surface area contributed by atoms with Crippen LogP contribution in [0.4, 0.5) is 28.9 Å². The number of halogens is 4. The topological polar surface area (TPSA) is 115 Å². The maximum absolute atomic E-state index is 13.1. The van der Waals surface area contributed by atoms with Crippen LogP contribution in [0, 0.1) is 15.9 Å². The van der Waals surface area contributed by atoms with E-state index in [4.69, 9.17) is 5.14 Å². The number of rotatable bonds is 5. The largest absolute Gasteiger partial charge is 0.416 e. The van der Waals surface area contributed by atoms with Crippen LogP contribution in [0.5, 0.6) is 0 Å².